The van der Waals surface area contributed by atoms with Gasteiger partial charge in [0.15, 0.2) is 5.82 Å². The summed E-state index contributed by atoms with van der Waals surface area (Å²) < 4.78 is 12.6. The number of hydrogen-bond acceptors (Lipinski definition) is 6. The molecule has 0 aliphatic heterocycles. The van der Waals surface area contributed by atoms with E-state index in [2.05, 4.69) is 22.4 Å². The Morgan fingerprint density at radius 3 is 2.90 bits per heavy atom. The Bertz CT molecular complexity index is 570. The Balaban J connectivity index is 2.11. The van der Waals surface area contributed by atoms with Crippen LogP contribution in [0.4, 0.5) is 5.69 Å². The zero-order chi connectivity index (χ0) is 15.1. The van der Waals surface area contributed by atoms with Gasteiger partial charge in [-0.2, -0.15) is 0 Å². The summed E-state index contributed by atoms with van der Waals surface area (Å²) in [7, 11) is 1.61. The molecule has 0 aliphatic rings. The fraction of sp³-hybridized carbons (Fsp3) is 0.500. The molecule has 2 rings (SSSR count). The number of tetrazole rings is 1. The maximum atomic E-state index is 5.84. The number of nitrogens with two attached hydrogens (primary N) is 1. The SMILES string of the molecule is CCCOCCCn1nnnc1-c1cc(N)ccc1OC. The van der Waals surface area contributed by atoms with Crippen LogP contribution in [0.3, 0.4) is 0 Å². The predicted octanol–water partition coefficient (Wildman–Crippen LogP) is 1.75. The van der Waals surface area contributed by atoms with E-state index in [9.17, 15) is 0 Å². The second-order valence-corrected chi connectivity index (χ2v) is 4.65. The molecule has 0 aliphatic carbocycles. The van der Waals surface area contributed by atoms with E-state index in [1.54, 1.807) is 17.9 Å². The molecule has 114 valence electrons. The van der Waals surface area contributed by atoms with E-state index < -0.39 is 0 Å². The third-order valence-corrected chi connectivity index (χ3v) is 3.00. The van der Waals surface area contributed by atoms with Crippen LogP contribution in [0, 0.1) is 0 Å². The molecule has 0 saturated heterocycles. The monoisotopic (exact) mass is 291 g/mol. The molecule has 0 saturated carbocycles. The van der Waals surface area contributed by atoms with Gasteiger partial charge < -0.3 is 15.2 Å². The van der Waals surface area contributed by atoms with Crippen molar-refractivity contribution >= 4 is 5.69 Å². The number of hydrogen-bond donors (Lipinski definition) is 1. The van der Waals surface area contributed by atoms with Crippen molar-refractivity contribution < 1.29 is 9.47 Å². The summed E-state index contributed by atoms with van der Waals surface area (Å²) in [4.78, 5) is 0. The molecule has 0 bridgehead atoms. The number of methoxy groups -OCH3 is 1. The van der Waals surface area contributed by atoms with Gasteiger partial charge in [0.2, 0.25) is 0 Å². The molecular formula is C14H21N5O2. The van der Waals surface area contributed by atoms with Crippen LogP contribution >= 0.6 is 0 Å². The Kier molecular flexibility index (Phi) is 5.51. The van der Waals surface area contributed by atoms with E-state index in [-0.39, 0.29) is 0 Å². The highest BCUT2D eigenvalue weighted by Crippen LogP contribution is 2.29. The van der Waals surface area contributed by atoms with Crippen molar-refractivity contribution in [3.63, 3.8) is 0 Å². The Morgan fingerprint density at radius 2 is 2.14 bits per heavy atom. The second kappa shape index (κ2) is 7.58. The first kappa shape index (κ1) is 15.2. The summed E-state index contributed by atoms with van der Waals surface area (Å²) in [5, 5.41) is 11.8. The number of aryl methyl sites for hydroxylation is 1. The quantitative estimate of drug-likeness (QED) is 0.589. The molecule has 1 aromatic carbocycles. The van der Waals surface area contributed by atoms with E-state index in [1.165, 1.54) is 0 Å². The first-order valence-corrected chi connectivity index (χ1v) is 7.04. The summed E-state index contributed by atoms with van der Waals surface area (Å²) in [5.41, 5.74) is 7.27. The van der Waals surface area contributed by atoms with Crippen LogP contribution in [0.15, 0.2) is 18.2 Å². The summed E-state index contributed by atoms with van der Waals surface area (Å²) in [5.74, 6) is 1.34. The number of rotatable bonds is 8. The van der Waals surface area contributed by atoms with Gasteiger partial charge >= 0.3 is 0 Å². The van der Waals surface area contributed by atoms with Crippen molar-refractivity contribution in [1.29, 1.82) is 0 Å². The molecule has 7 nitrogen and oxygen atoms in total. The Hall–Kier alpha value is -2.15. The molecule has 0 amide bonds. The van der Waals surface area contributed by atoms with Gasteiger partial charge in [0.25, 0.3) is 0 Å². The third-order valence-electron chi connectivity index (χ3n) is 3.00. The van der Waals surface area contributed by atoms with Crippen LogP contribution in [0.5, 0.6) is 5.75 Å². The normalized spacial score (nSPS) is 10.8. The van der Waals surface area contributed by atoms with Crippen molar-refractivity contribution in [2.24, 2.45) is 0 Å². The van der Waals surface area contributed by atoms with Crippen LogP contribution in [0.1, 0.15) is 19.8 Å². The van der Waals surface area contributed by atoms with Crippen LogP contribution in [0.25, 0.3) is 11.4 Å². The maximum Gasteiger partial charge on any atom is 0.185 e. The number of nitrogens with zero attached hydrogens (tertiary/aromatic N) is 4. The summed E-state index contributed by atoms with van der Waals surface area (Å²) >= 11 is 0. The van der Waals surface area contributed by atoms with Crippen molar-refractivity contribution in [2.45, 2.75) is 26.3 Å². The number of anilines is 1. The highest BCUT2D eigenvalue weighted by atomic mass is 16.5. The molecule has 2 aromatic rings. The van der Waals surface area contributed by atoms with E-state index in [0.717, 1.165) is 25.0 Å². The first-order valence-electron chi connectivity index (χ1n) is 7.04. The predicted molar refractivity (Wildman–Crippen MR) is 79.9 cm³/mol. The highest BCUT2D eigenvalue weighted by molar-refractivity contribution is 5.68. The Labute approximate surface area is 124 Å². The average Bonchev–Trinajstić information content (AvgIpc) is 2.95. The van der Waals surface area contributed by atoms with E-state index in [1.807, 2.05) is 12.1 Å². The maximum absolute atomic E-state index is 5.84. The molecule has 0 unspecified atom stereocenters. The first-order chi connectivity index (χ1) is 10.3. The lowest BCUT2D eigenvalue weighted by molar-refractivity contribution is 0.128. The smallest absolute Gasteiger partial charge is 0.185 e. The third kappa shape index (κ3) is 3.91. The van der Waals surface area contributed by atoms with Gasteiger partial charge in [0.05, 0.1) is 12.7 Å². The van der Waals surface area contributed by atoms with Crippen LogP contribution in [-0.2, 0) is 11.3 Å². The number of aromatic nitrogens is 4. The van der Waals surface area contributed by atoms with E-state index >= 15 is 0 Å². The van der Waals surface area contributed by atoms with Crippen LogP contribution < -0.4 is 10.5 Å². The van der Waals surface area contributed by atoms with Gasteiger partial charge in [0.1, 0.15) is 5.75 Å². The standard InChI is InChI=1S/C14H21N5O2/c1-3-8-21-9-4-7-19-14(16-17-18-19)12-10-11(15)5-6-13(12)20-2/h5-6,10H,3-4,7-9,15H2,1-2H3. The topological polar surface area (TPSA) is 88.1 Å². The summed E-state index contributed by atoms with van der Waals surface area (Å²) in [6.45, 7) is 4.25. The van der Waals surface area contributed by atoms with Crippen molar-refractivity contribution in [3.05, 3.63) is 18.2 Å². The fourth-order valence-electron chi connectivity index (χ4n) is 2.01. The highest BCUT2D eigenvalue weighted by Gasteiger charge is 2.14. The number of ether oxygens (including phenoxy) is 2. The minimum absolute atomic E-state index is 0.645. The zero-order valence-electron chi connectivity index (χ0n) is 12.5. The number of benzene rings is 1. The summed E-state index contributed by atoms with van der Waals surface area (Å²) in [6.07, 6.45) is 1.87. The second-order valence-electron chi connectivity index (χ2n) is 4.65. The van der Waals surface area contributed by atoms with Crippen LogP contribution in [-0.4, -0.2) is 40.5 Å². The van der Waals surface area contributed by atoms with Crippen molar-refractivity contribution in [3.8, 4) is 17.1 Å². The van der Waals surface area contributed by atoms with Gasteiger partial charge in [-0.1, -0.05) is 6.92 Å². The summed E-state index contributed by atoms with van der Waals surface area (Å²) in [6, 6.07) is 5.41. The van der Waals surface area contributed by atoms with E-state index in [4.69, 9.17) is 15.2 Å². The lowest BCUT2D eigenvalue weighted by Gasteiger charge is -2.09. The Morgan fingerprint density at radius 1 is 1.29 bits per heavy atom. The molecule has 1 aromatic heterocycles. The lowest BCUT2D eigenvalue weighted by Crippen LogP contribution is -2.07. The molecule has 2 N–H and O–H groups in total. The molecular weight excluding hydrogens is 270 g/mol. The van der Waals surface area contributed by atoms with Crippen molar-refractivity contribution in [1.82, 2.24) is 20.2 Å². The minimum atomic E-state index is 0.645. The fourth-order valence-corrected chi connectivity index (χ4v) is 2.01. The van der Waals surface area contributed by atoms with Crippen molar-refractivity contribution in [2.75, 3.05) is 26.1 Å². The van der Waals surface area contributed by atoms with Crippen LogP contribution in [0.2, 0.25) is 0 Å². The molecule has 0 spiro atoms. The number of nitrogen functional groups attached to an aromatic ring is 1. The van der Waals surface area contributed by atoms with Gasteiger partial charge in [-0.25, -0.2) is 4.68 Å². The average molecular weight is 291 g/mol. The lowest BCUT2D eigenvalue weighted by atomic mass is 10.1. The van der Waals surface area contributed by atoms with E-state index in [0.29, 0.717) is 30.4 Å². The van der Waals surface area contributed by atoms with Gasteiger partial charge in [0, 0.05) is 25.4 Å². The molecule has 21 heavy (non-hydrogen) atoms. The zero-order valence-corrected chi connectivity index (χ0v) is 12.5. The van der Waals surface area contributed by atoms with Gasteiger partial charge in [-0.05, 0) is 41.5 Å². The molecule has 1 heterocycles. The minimum Gasteiger partial charge on any atom is -0.496 e. The molecule has 0 fully saturated rings. The molecule has 0 radical (unpaired) electrons. The largest absolute Gasteiger partial charge is 0.496 e. The molecule has 0 atom stereocenters. The molecule has 7 heteroatoms. The van der Waals surface area contributed by atoms with Gasteiger partial charge in [-0.15, -0.1) is 5.10 Å². The van der Waals surface area contributed by atoms with Gasteiger partial charge in [-0.3, -0.25) is 0 Å².